The van der Waals surface area contributed by atoms with Crippen LogP contribution in [-0.2, 0) is 34.4 Å². The van der Waals surface area contributed by atoms with Gasteiger partial charge in [-0.3, -0.25) is 14.4 Å². The number of allylic oxidation sites excluding steroid dienone is 2. The number of carbonyl (C=O) groups is 5. The number of carboxylic acid groups (broad SMARTS) is 1. The minimum absolute atomic E-state index is 0.0495. The Balaban J connectivity index is 1.33. The molecule has 0 spiro atoms. The van der Waals surface area contributed by atoms with Gasteiger partial charge < -0.3 is 38.3 Å². The Morgan fingerprint density at radius 1 is 1.04 bits per heavy atom. The van der Waals surface area contributed by atoms with Crippen molar-refractivity contribution in [3.63, 3.8) is 0 Å². The van der Waals surface area contributed by atoms with Crippen LogP contribution in [0.1, 0.15) is 54.2 Å². The fraction of sp³-hybridized carbons (Fsp3) is 0.333. The number of carboxylic acids is 1. The Morgan fingerprint density at radius 2 is 1.73 bits per heavy atom. The summed E-state index contributed by atoms with van der Waals surface area (Å²) in [5.74, 6) is -4.49. The third-order valence-corrected chi connectivity index (χ3v) is 8.00. The van der Waals surface area contributed by atoms with Crippen molar-refractivity contribution in [2.75, 3.05) is 45.3 Å². The van der Waals surface area contributed by atoms with Crippen molar-refractivity contribution in [1.82, 2.24) is 14.0 Å². The van der Waals surface area contributed by atoms with Gasteiger partial charge in [0.1, 0.15) is 23.7 Å². The van der Waals surface area contributed by atoms with Gasteiger partial charge in [-0.1, -0.05) is 0 Å². The lowest BCUT2D eigenvalue weighted by Gasteiger charge is -2.35. The summed E-state index contributed by atoms with van der Waals surface area (Å²) in [6.45, 7) is 2.35. The molecule has 1 amide bonds. The number of rotatable bonds is 7. The number of aryl methyl sites for hydroxylation is 1. The van der Waals surface area contributed by atoms with E-state index in [1.165, 1.54) is 35.9 Å². The Hall–Kier alpha value is -5.47. The number of ketones is 2. The summed E-state index contributed by atoms with van der Waals surface area (Å²) in [5, 5.41) is 9.32. The van der Waals surface area contributed by atoms with Gasteiger partial charge in [0.2, 0.25) is 17.0 Å². The number of benzene rings is 1. The van der Waals surface area contributed by atoms with Crippen LogP contribution in [0.4, 0.5) is 14.9 Å². The van der Waals surface area contributed by atoms with Crippen LogP contribution in [0.5, 0.6) is 0 Å². The molecule has 2 aliphatic rings. The van der Waals surface area contributed by atoms with E-state index in [4.69, 9.17) is 14.2 Å². The van der Waals surface area contributed by atoms with E-state index in [0.717, 1.165) is 19.3 Å². The molecule has 0 saturated carbocycles. The molecule has 1 aliphatic heterocycles. The maximum Gasteiger partial charge on any atom is 0.410 e. The molecule has 45 heavy (non-hydrogen) atoms. The van der Waals surface area contributed by atoms with Gasteiger partial charge in [0.05, 0.1) is 42.2 Å². The standard InChI is InChI=1S/C30H29FN4O10/c1-5-33-13-16(28(39)40)26(37)15-10-17(31)19(11-18(15)33)34-6-8-35(9-7-34)30(42)45-14-20-23(29(41)44-4)24-25(32(20)2)21(36)12-22(43-3)27(24)38/h10-13H,5-9,14H2,1-4H3,(H,39,40). The summed E-state index contributed by atoms with van der Waals surface area (Å²) >= 11 is 0. The molecule has 0 unspecified atom stereocenters. The zero-order valence-electron chi connectivity index (χ0n) is 24.8. The molecule has 1 aromatic carbocycles. The van der Waals surface area contributed by atoms with Gasteiger partial charge in [0.15, 0.2) is 5.76 Å². The van der Waals surface area contributed by atoms with Crippen LogP contribution in [0.2, 0.25) is 0 Å². The van der Waals surface area contributed by atoms with E-state index in [9.17, 15) is 33.9 Å². The highest BCUT2D eigenvalue weighted by Gasteiger charge is 2.38. The number of methoxy groups -OCH3 is 2. The molecule has 3 heterocycles. The Bertz CT molecular complexity index is 1880. The van der Waals surface area contributed by atoms with Crippen LogP contribution in [0.3, 0.4) is 0 Å². The number of carbonyl (C=O) groups excluding carboxylic acids is 4. The molecule has 0 atom stereocenters. The lowest BCUT2D eigenvalue weighted by molar-refractivity contribution is 0.0586. The fourth-order valence-corrected chi connectivity index (χ4v) is 5.67. The highest BCUT2D eigenvalue weighted by molar-refractivity contribution is 6.26. The first-order chi connectivity index (χ1) is 21.4. The predicted octanol–water partition coefficient (Wildman–Crippen LogP) is 2.35. The first-order valence-corrected chi connectivity index (χ1v) is 13.8. The van der Waals surface area contributed by atoms with E-state index in [-0.39, 0.29) is 65.5 Å². The fourth-order valence-electron chi connectivity index (χ4n) is 5.67. The van der Waals surface area contributed by atoms with E-state index in [1.807, 2.05) is 0 Å². The monoisotopic (exact) mass is 624 g/mol. The molecule has 2 aromatic heterocycles. The SMILES string of the molecule is CCn1cc(C(=O)O)c(=O)c2cc(F)c(N3CCN(C(=O)OCc4c(C(=O)OC)c5c(n4C)C(=O)C=C(OC)C5=O)CC3)cc21. The number of anilines is 1. The van der Waals surface area contributed by atoms with Gasteiger partial charge in [-0.25, -0.2) is 18.8 Å². The second-order valence-electron chi connectivity index (χ2n) is 10.3. The lowest BCUT2D eigenvalue weighted by atomic mass is 9.96. The van der Waals surface area contributed by atoms with Gasteiger partial charge in [-0.15, -0.1) is 0 Å². The van der Waals surface area contributed by atoms with E-state index >= 15 is 4.39 Å². The first-order valence-electron chi connectivity index (χ1n) is 13.8. The second kappa shape index (κ2) is 11.9. The number of halogens is 1. The molecule has 236 valence electrons. The topological polar surface area (TPSA) is 167 Å². The second-order valence-corrected chi connectivity index (χ2v) is 10.3. The van der Waals surface area contributed by atoms with Crippen molar-refractivity contribution in [3.05, 3.63) is 74.3 Å². The van der Waals surface area contributed by atoms with E-state index in [2.05, 4.69) is 0 Å². The molecule has 1 aliphatic carbocycles. The molecule has 0 radical (unpaired) electrons. The van der Waals surface area contributed by atoms with Crippen LogP contribution < -0.4 is 10.3 Å². The highest BCUT2D eigenvalue weighted by Crippen LogP contribution is 2.31. The van der Waals surface area contributed by atoms with E-state index in [1.54, 1.807) is 16.4 Å². The van der Waals surface area contributed by atoms with Crippen LogP contribution in [0.25, 0.3) is 10.9 Å². The molecule has 15 heteroatoms. The number of piperazine rings is 1. The highest BCUT2D eigenvalue weighted by atomic mass is 19.1. The minimum Gasteiger partial charge on any atom is -0.492 e. The molecule has 5 rings (SSSR count). The predicted molar refractivity (Wildman–Crippen MR) is 155 cm³/mol. The van der Waals surface area contributed by atoms with Gasteiger partial charge in [-0.05, 0) is 19.1 Å². The Kier molecular flexibility index (Phi) is 8.19. The molecule has 1 fully saturated rings. The van der Waals surface area contributed by atoms with E-state index in [0.29, 0.717) is 12.1 Å². The number of fused-ring (bicyclic) bond motifs is 2. The zero-order valence-corrected chi connectivity index (χ0v) is 24.8. The smallest absolute Gasteiger partial charge is 0.410 e. The largest absolute Gasteiger partial charge is 0.492 e. The van der Waals surface area contributed by atoms with Crippen molar-refractivity contribution >= 4 is 46.2 Å². The quantitative estimate of drug-likeness (QED) is 0.383. The van der Waals surface area contributed by atoms with Gasteiger partial charge in [0, 0.05) is 57.4 Å². The number of aromatic carboxylic acids is 1. The van der Waals surface area contributed by atoms with E-state index < -0.39 is 53.0 Å². The minimum atomic E-state index is -1.40. The number of hydrogen-bond acceptors (Lipinski definition) is 10. The van der Waals surface area contributed by atoms with Crippen molar-refractivity contribution in [1.29, 1.82) is 0 Å². The third-order valence-electron chi connectivity index (χ3n) is 8.00. The summed E-state index contributed by atoms with van der Waals surface area (Å²) in [7, 11) is 3.80. The summed E-state index contributed by atoms with van der Waals surface area (Å²) in [5.41, 5.74) is -1.05. The number of ether oxygens (including phenoxy) is 3. The van der Waals surface area contributed by atoms with Crippen LogP contribution >= 0.6 is 0 Å². The number of nitrogens with zero attached hydrogens (tertiary/aromatic N) is 4. The van der Waals surface area contributed by atoms with Gasteiger partial charge >= 0.3 is 18.0 Å². The average Bonchev–Trinajstić information content (AvgIpc) is 3.33. The Morgan fingerprint density at radius 3 is 2.33 bits per heavy atom. The number of hydrogen-bond donors (Lipinski definition) is 1. The molecule has 1 saturated heterocycles. The summed E-state index contributed by atoms with van der Waals surface area (Å²) in [6, 6.07) is 2.53. The maximum atomic E-state index is 15.2. The number of esters is 1. The van der Waals surface area contributed by atoms with Crippen LogP contribution in [-0.4, -0.2) is 89.1 Å². The van der Waals surface area contributed by atoms with Crippen LogP contribution in [0.15, 0.2) is 35.0 Å². The normalized spacial score (nSPS) is 14.7. The average molecular weight is 625 g/mol. The molecule has 1 N–H and O–H groups in total. The number of amides is 1. The van der Waals surface area contributed by atoms with Crippen molar-refractivity contribution < 1.29 is 47.7 Å². The van der Waals surface area contributed by atoms with Crippen molar-refractivity contribution in [2.45, 2.75) is 20.1 Å². The number of pyridine rings is 1. The lowest BCUT2D eigenvalue weighted by Crippen LogP contribution is -2.49. The molecule has 14 nitrogen and oxygen atoms in total. The summed E-state index contributed by atoms with van der Waals surface area (Å²) < 4.78 is 33.5. The number of aromatic nitrogens is 2. The number of Topliss-reactive ketones (excluding diaryl/α,β-unsaturated/α-hetero) is 1. The maximum absolute atomic E-state index is 15.2. The summed E-state index contributed by atoms with van der Waals surface area (Å²) in [4.78, 5) is 78.7. The van der Waals surface area contributed by atoms with Crippen molar-refractivity contribution in [3.8, 4) is 0 Å². The van der Waals surface area contributed by atoms with Gasteiger partial charge in [-0.2, -0.15) is 0 Å². The first kappa shape index (κ1) is 31.0. The molecule has 3 aromatic rings. The van der Waals surface area contributed by atoms with Crippen molar-refractivity contribution in [2.24, 2.45) is 7.05 Å². The summed E-state index contributed by atoms with van der Waals surface area (Å²) in [6.07, 6.45) is 1.52. The third kappa shape index (κ3) is 5.19. The van der Waals surface area contributed by atoms with Gasteiger partial charge in [0.25, 0.3) is 0 Å². The molecule has 0 bridgehead atoms. The Labute approximate surface area is 254 Å². The zero-order chi connectivity index (χ0) is 32.7. The molecular formula is C30H29FN4O10. The molecular weight excluding hydrogens is 595 g/mol. The van der Waals surface area contributed by atoms with Crippen LogP contribution in [0, 0.1) is 5.82 Å².